The molecule has 0 N–H and O–H groups in total. The van der Waals surface area contributed by atoms with Gasteiger partial charge < -0.3 is 0 Å². The van der Waals surface area contributed by atoms with Gasteiger partial charge in [-0.15, -0.1) is 11.3 Å². The van der Waals surface area contributed by atoms with Crippen LogP contribution < -0.4 is 0 Å². The largest absolute Gasteiger partial charge is 0.298 e. The highest BCUT2D eigenvalue weighted by molar-refractivity contribution is 7.09. The predicted octanol–water partition coefficient (Wildman–Crippen LogP) is 1.27. The fourth-order valence-corrected chi connectivity index (χ4v) is 2.32. The normalized spacial score (nSPS) is 17.9. The number of aromatic nitrogens is 1. The molecule has 4 heteroatoms. The quantitative estimate of drug-likeness (QED) is 0.753. The van der Waals surface area contributed by atoms with Crippen molar-refractivity contribution in [3.63, 3.8) is 0 Å². The van der Waals surface area contributed by atoms with E-state index < -0.39 is 0 Å². The van der Waals surface area contributed by atoms with Crippen molar-refractivity contribution in [1.82, 2.24) is 9.88 Å². The topological polar surface area (TPSA) is 33.2 Å². The van der Waals surface area contributed by atoms with Gasteiger partial charge in [-0.3, -0.25) is 9.69 Å². The van der Waals surface area contributed by atoms with Crippen LogP contribution in [0.3, 0.4) is 0 Å². The molecule has 0 amide bonds. The van der Waals surface area contributed by atoms with Crippen molar-refractivity contribution in [3.8, 4) is 0 Å². The minimum absolute atomic E-state index is 0.374. The molecule has 2 heterocycles. The molecule has 0 bridgehead atoms. The molecule has 1 saturated heterocycles. The first-order valence-corrected chi connectivity index (χ1v) is 5.77. The lowest BCUT2D eigenvalue weighted by Crippen LogP contribution is -2.23. The highest BCUT2D eigenvalue weighted by atomic mass is 32.1. The molecule has 0 aliphatic carbocycles. The lowest BCUT2D eigenvalue weighted by molar-refractivity contribution is -0.116. The molecular weight excluding hydrogens is 196 g/mol. The highest BCUT2D eigenvalue weighted by Crippen LogP contribution is 2.10. The molecule has 1 aromatic heterocycles. The van der Waals surface area contributed by atoms with Crippen LogP contribution in [0.1, 0.15) is 17.1 Å². The summed E-state index contributed by atoms with van der Waals surface area (Å²) < 4.78 is 0. The summed E-state index contributed by atoms with van der Waals surface area (Å²) in [6.45, 7) is 4.56. The van der Waals surface area contributed by atoms with E-state index in [1.165, 1.54) is 0 Å². The molecule has 0 unspecified atom stereocenters. The van der Waals surface area contributed by atoms with Crippen LogP contribution in [0.5, 0.6) is 0 Å². The number of likely N-dealkylation sites (tertiary alicyclic amines) is 1. The fraction of sp³-hybridized carbons (Fsp3) is 0.600. The van der Waals surface area contributed by atoms with Gasteiger partial charge in [0.05, 0.1) is 17.2 Å². The Hall–Kier alpha value is -0.740. The summed E-state index contributed by atoms with van der Waals surface area (Å²) in [5.74, 6) is 0.374. The van der Waals surface area contributed by atoms with Crippen molar-refractivity contribution in [1.29, 1.82) is 0 Å². The van der Waals surface area contributed by atoms with E-state index in [4.69, 9.17) is 0 Å². The van der Waals surface area contributed by atoms with Crippen molar-refractivity contribution in [2.24, 2.45) is 0 Å². The van der Waals surface area contributed by atoms with Crippen molar-refractivity contribution in [2.45, 2.75) is 19.8 Å². The van der Waals surface area contributed by atoms with Crippen LogP contribution in [0.25, 0.3) is 0 Å². The van der Waals surface area contributed by atoms with Crippen LogP contribution in [0, 0.1) is 6.92 Å². The Labute approximate surface area is 87.8 Å². The summed E-state index contributed by atoms with van der Waals surface area (Å²) in [7, 11) is 0. The van der Waals surface area contributed by atoms with E-state index in [2.05, 4.69) is 15.3 Å². The fourth-order valence-electron chi connectivity index (χ4n) is 1.68. The average molecular weight is 210 g/mol. The minimum Gasteiger partial charge on any atom is -0.298 e. The van der Waals surface area contributed by atoms with Crippen LogP contribution in [-0.4, -0.2) is 35.3 Å². The average Bonchev–Trinajstić information content (AvgIpc) is 2.72. The Balaban J connectivity index is 1.80. The lowest BCUT2D eigenvalue weighted by atomic mass is 10.3. The van der Waals surface area contributed by atoms with Gasteiger partial charge in [0.2, 0.25) is 0 Å². The minimum atomic E-state index is 0.374. The summed E-state index contributed by atoms with van der Waals surface area (Å²) in [4.78, 5) is 17.6. The summed E-state index contributed by atoms with van der Waals surface area (Å²) in [5.41, 5.74) is 1.16. The number of Topliss-reactive ketones (excluding diaryl/α,β-unsaturated/α-hetero) is 1. The summed E-state index contributed by atoms with van der Waals surface area (Å²) in [5, 5.41) is 3.23. The van der Waals surface area contributed by atoms with Crippen molar-refractivity contribution >= 4 is 17.1 Å². The zero-order valence-electron chi connectivity index (χ0n) is 8.32. The molecular formula is C10H14N2OS. The van der Waals surface area contributed by atoms with Crippen LogP contribution >= 0.6 is 11.3 Å². The van der Waals surface area contributed by atoms with Gasteiger partial charge >= 0.3 is 0 Å². The van der Waals surface area contributed by atoms with E-state index >= 15 is 0 Å². The Bertz CT molecular complexity index is 335. The molecule has 1 fully saturated rings. The van der Waals surface area contributed by atoms with Gasteiger partial charge in [0.1, 0.15) is 5.78 Å². The molecule has 1 aliphatic rings. The first-order chi connectivity index (χ1) is 6.74. The number of carbonyl (C=O) groups excluding carboxylic acids is 1. The van der Waals surface area contributed by atoms with Gasteiger partial charge in [0.15, 0.2) is 0 Å². The zero-order valence-corrected chi connectivity index (χ0v) is 9.14. The molecule has 0 radical (unpaired) electrons. The van der Waals surface area contributed by atoms with E-state index in [9.17, 15) is 4.79 Å². The molecule has 3 nitrogen and oxygen atoms in total. The standard InChI is InChI=1S/C10H14N2OS/c1-8-11-9(7-14-8)2-4-12-5-3-10(13)6-12/h7H,2-6H2,1H3. The molecule has 1 aromatic rings. The first kappa shape index (κ1) is 9.80. The molecule has 14 heavy (non-hydrogen) atoms. The summed E-state index contributed by atoms with van der Waals surface area (Å²) in [6, 6.07) is 0. The van der Waals surface area contributed by atoms with Crippen LogP contribution in [0.4, 0.5) is 0 Å². The Morgan fingerprint density at radius 2 is 2.50 bits per heavy atom. The Kier molecular flexibility index (Phi) is 2.93. The van der Waals surface area contributed by atoms with Crippen molar-refractivity contribution in [2.75, 3.05) is 19.6 Å². The van der Waals surface area contributed by atoms with E-state index in [1.54, 1.807) is 11.3 Å². The second kappa shape index (κ2) is 4.19. The van der Waals surface area contributed by atoms with E-state index in [0.717, 1.165) is 36.6 Å². The lowest BCUT2D eigenvalue weighted by Gasteiger charge is -2.11. The molecule has 0 saturated carbocycles. The van der Waals surface area contributed by atoms with Gasteiger partial charge in [0, 0.05) is 31.3 Å². The van der Waals surface area contributed by atoms with E-state index in [1.807, 2.05) is 6.92 Å². The number of carbonyl (C=O) groups is 1. The number of rotatable bonds is 3. The third-order valence-corrected chi connectivity index (χ3v) is 3.28. The summed E-state index contributed by atoms with van der Waals surface area (Å²) in [6.07, 6.45) is 1.70. The number of hydrogen-bond acceptors (Lipinski definition) is 4. The summed E-state index contributed by atoms with van der Waals surface area (Å²) >= 11 is 1.69. The number of hydrogen-bond donors (Lipinski definition) is 0. The van der Waals surface area contributed by atoms with Crippen LogP contribution in [0.15, 0.2) is 5.38 Å². The van der Waals surface area contributed by atoms with Gasteiger partial charge in [0.25, 0.3) is 0 Å². The maximum absolute atomic E-state index is 11.0. The second-order valence-electron chi connectivity index (χ2n) is 3.67. The molecule has 76 valence electrons. The third-order valence-electron chi connectivity index (χ3n) is 2.46. The van der Waals surface area contributed by atoms with Crippen molar-refractivity contribution in [3.05, 3.63) is 16.1 Å². The first-order valence-electron chi connectivity index (χ1n) is 4.89. The molecule has 0 aromatic carbocycles. The smallest absolute Gasteiger partial charge is 0.148 e. The van der Waals surface area contributed by atoms with Gasteiger partial charge in [-0.05, 0) is 6.92 Å². The van der Waals surface area contributed by atoms with Gasteiger partial charge in [-0.25, -0.2) is 4.98 Å². The number of ketones is 1. The molecule has 2 rings (SSSR count). The number of thiazole rings is 1. The van der Waals surface area contributed by atoms with E-state index in [-0.39, 0.29) is 0 Å². The van der Waals surface area contributed by atoms with Crippen molar-refractivity contribution < 1.29 is 4.79 Å². The monoisotopic (exact) mass is 210 g/mol. The Morgan fingerprint density at radius 3 is 3.07 bits per heavy atom. The predicted molar refractivity (Wildman–Crippen MR) is 56.6 cm³/mol. The SMILES string of the molecule is Cc1nc(CCN2CCC(=O)C2)cs1. The second-order valence-corrected chi connectivity index (χ2v) is 4.73. The molecule has 0 atom stereocenters. The number of aryl methyl sites for hydroxylation is 1. The maximum Gasteiger partial charge on any atom is 0.148 e. The maximum atomic E-state index is 11.0. The zero-order chi connectivity index (χ0) is 9.97. The third kappa shape index (κ3) is 2.39. The number of nitrogens with zero attached hydrogens (tertiary/aromatic N) is 2. The van der Waals surface area contributed by atoms with Gasteiger partial charge in [-0.1, -0.05) is 0 Å². The highest BCUT2D eigenvalue weighted by Gasteiger charge is 2.18. The van der Waals surface area contributed by atoms with Crippen LogP contribution in [0.2, 0.25) is 0 Å². The van der Waals surface area contributed by atoms with Crippen LogP contribution in [-0.2, 0) is 11.2 Å². The molecule has 0 spiro atoms. The molecule has 1 aliphatic heterocycles. The van der Waals surface area contributed by atoms with Gasteiger partial charge in [-0.2, -0.15) is 0 Å². The van der Waals surface area contributed by atoms with E-state index in [0.29, 0.717) is 12.3 Å². The Morgan fingerprint density at radius 1 is 1.64 bits per heavy atom.